The minimum atomic E-state index is 0. The van der Waals surface area contributed by atoms with Crippen LogP contribution >= 0.6 is 17.0 Å². The Balaban J connectivity index is 0.000001000. The number of aromatic hydroxyl groups is 1. The van der Waals surface area contributed by atoms with Gasteiger partial charge in [0.2, 0.25) is 0 Å². The number of anilines is 1. The fourth-order valence-electron chi connectivity index (χ4n) is 0.814. The van der Waals surface area contributed by atoms with Gasteiger partial charge in [0.25, 0.3) is 0 Å². The predicted octanol–water partition coefficient (Wildman–Crippen LogP) is 2.40. The van der Waals surface area contributed by atoms with Crippen LogP contribution in [-0.4, -0.2) is 11.7 Å². The molecule has 11 heavy (non-hydrogen) atoms. The Bertz CT molecular complexity index is 215. The van der Waals surface area contributed by atoms with Gasteiger partial charge in [0.05, 0.1) is 5.69 Å². The summed E-state index contributed by atoms with van der Waals surface area (Å²) in [6, 6.07) is 7.20. The molecule has 2 N–H and O–H groups in total. The van der Waals surface area contributed by atoms with Crippen LogP contribution in [0.5, 0.6) is 5.75 Å². The van der Waals surface area contributed by atoms with Crippen LogP contribution in [0.15, 0.2) is 24.3 Å². The molecule has 1 rings (SSSR count). The van der Waals surface area contributed by atoms with Crippen molar-refractivity contribution in [1.29, 1.82) is 0 Å². The van der Waals surface area contributed by atoms with Crippen molar-refractivity contribution in [3.63, 3.8) is 0 Å². The number of benzene rings is 1. The van der Waals surface area contributed by atoms with E-state index in [0.29, 0.717) is 5.75 Å². The highest BCUT2D eigenvalue weighted by atomic mass is 79.9. The van der Waals surface area contributed by atoms with Crippen LogP contribution in [0.1, 0.15) is 6.92 Å². The van der Waals surface area contributed by atoms with Gasteiger partial charge in [-0.25, -0.2) is 0 Å². The summed E-state index contributed by atoms with van der Waals surface area (Å²) < 4.78 is 0. The number of hydrogen-bond donors (Lipinski definition) is 2. The number of nitrogens with one attached hydrogen (secondary N) is 1. The molecule has 0 unspecified atom stereocenters. The molecule has 1 aromatic rings. The van der Waals surface area contributed by atoms with E-state index < -0.39 is 0 Å². The molecule has 0 aliphatic carbocycles. The molecule has 1 aromatic carbocycles. The Labute approximate surface area is 77.0 Å². The SMILES string of the molecule is Br.CCNc1ccccc1O. The Morgan fingerprint density at radius 3 is 2.55 bits per heavy atom. The Morgan fingerprint density at radius 1 is 1.36 bits per heavy atom. The fraction of sp³-hybridized carbons (Fsp3) is 0.250. The quantitative estimate of drug-likeness (QED) is 0.747. The van der Waals surface area contributed by atoms with Gasteiger partial charge in [-0.05, 0) is 19.1 Å². The van der Waals surface area contributed by atoms with Gasteiger partial charge in [0.15, 0.2) is 0 Å². The van der Waals surface area contributed by atoms with E-state index in [1.807, 2.05) is 19.1 Å². The zero-order valence-corrected chi connectivity index (χ0v) is 8.09. The number of para-hydroxylation sites is 2. The summed E-state index contributed by atoms with van der Waals surface area (Å²) in [5.74, 6) is 0.310. The third-order valence-corrected chi connectivity index (χ3v) is 1.27. The number of halogens is 1. The molecule has 0 aromatic heterocycles. The highest BCUT2D eigenvalue weighted by Gasteiger charge is 1.93. The molecule has 0 radical (unpaired) electrons. The van der Waals surface area contributed by atoms with E-state index in [-0.39, 0.29) is 17.0 Å². The smallest absolute Gasteiger partial charge is 0.138 e. The topological polar surface area (TPSA) is 32.3 Å². The third-order valence-electron chi connectivity index (χ3n) is 1.27. The molecule has 0 saturated heterocycles. The number of hydrogen-bond acceptors (Lipinski definition) is 2. The number of phenolic OH excluding ortho intramolecular Hbond substituents is 1. The highest BCUT2D eigenvalue weighted by Crippen LogP contribution is 2.20. The lowest BCUT2D eigenvalue weighted by atomic mass is 10.3. The van der Waals surface area contributed by atoms with Crippen LogP contribution < -0.4 is 5.32 Å². The molecular weight excluding hydrogens is 206 g/mol. The van der Waals surface area contributed by atoms with Crippen molar-refractivity contribution < 1.29 is 5.11 Å². The molecular formula is C8H12BrNO. The maximum absolute atomic E-state index is 9.18. The molecule has 0 heterocycles. The van der Waals surface area contributed by atoms with Gasteiger partial charge >= 0.3 is 0 Å². The molecule has 0 amide bonds. The molecule has 0 fully saturated rings. The summed E-state index contributed by atoms with van der Waals surface area (Å²) in [5.41, 5.74) is 0.796. The molecule has 0 aliphatic heterocycles. The normalized spacial score (nSPS) is 8.45. The second-order valence-electron chi connectivity index (χ2n) is 2.05. The van der Waals surface area contributed by atoms with Crippen LogP contribution in [0.4, 0.5) is 5.69 Å². The Hall–Kier alpha value is -0.700. The van der Waals surface area contributed by atoms with Gasteiger partial charge < -0.3 is 10.4 Å². The first-order valence-electron chi connectivity index (χ1n) is 3.36. The predicted molar refractivity (Wildman–Crippen MR) is 52.6 cm³/mol. The van der Waals surface area contributed by atoms with Crippen molar-refractivity contribution in [2.24, 2.45) is 0 Å². The van der Waals surface area contributed by atoms with Crippen molar-refractivity contribution in [3.05, 3.63) is 24.3 Å². The highest BCUT2D eigenvalue weighted by molar-refractivity contribution is 8.93. The summed E-state index contributed by atoms with van der Waals surface area (Å²) >= 11 is 0. The molecule has 0 bridgehead atoms. The molecule has 0 spiro atoms. The average Bonchev–Trinajstić information content (AvgIpc) is 1.94. The second-order valence-corrected chi connectivity index (χ2v) is 2.05. The molecule has 0 aliphatic rings. The van der Waals surface area contributed by atoms with E-state index in [9.17, 15) is 5.11 Å². The van der Waals surface area contributed by atoms with E-state index in [2.05, 4.69) is 5.32 Å². The van der Waals surface area contributed by atoms with E-state index in [1.165, 1.54) is 0 Å². The van der Waals surface area contributed by atoms with Crippen molar-refractivity contribution >= 4 is 22.7 Å². The minimum absolute atomic E-state index is 0. The van der Waals surface area contributed by atoms with E-state index in [0.717, 1.165) is 12.2 Å². The van der Waals surface area contributed by atoms with Crippen molar-refractivity contribution in [1.82, 2.24) is 0 Å². The first-order valence-corrected chi connectivity index (χ1v) is 3.36. The molecule has 62 valence electrons. The van der Waals surface area contributed by atoms with Crippen molar-refractivity contribution in [3.8, 4) is 5.75 Å². The first-order chi connectivity index (χ1) is 4.84. The van der Waals surface area contributed by atoms with E-state index >= 15 is 0 Å². The van der Waals surface area contributed by atoms with Crippen LogP contribution in [0.2, 0.25) is 0 Å². The van der Waals surface area contributed by atoms with Gasteiger partial charge in [-0.2, -0.15) is 0 Å². The summed E-state index contributed by atoms with van der Waals surface area (Å²) in [4.78, 5) is 0. The van der Waals surface area contributed by atoms with Gasteiger partial charge in [-0.15, -0.1) is 17.0 Å². The summed E-state index contributed by atoms with van der Waals surface area (Å²) in [6.07, 6.45) is 0. The minimum Gasteiger partial charge on any atom is -0.506 e. The van der Waals surface area contributed by atoms with Gasteiger partial charge in [-0.1, -0.05) is 12.1 Å². The second kappa shape index (κ2) is 5.02. The lowest BCUT2D eigenvalue weighted by Gasteiger charge is -2.03. The zero-order valence-electron chi connectivity index (χ0n) is 6.37. The Kier molecular flexibility index (Phi) is 4.70. The maximum Gasteiger partial charge on any atom is 0.138 e. The average molecular weight is 218 g/mol. The van der Waals surface area contributed by atoms with Crippen LogP contribution in [0.25, 0.3) is 0 Å². The molecule has 0 saturated carbocycles. The fourth-order valence-corrected chi connectivity index (χ4v) is 0.814. The summed E-state index contributed by atoms with van der Waals surface area (Å²) in [6.45, 7) is 2.82. The lowest BCUT2D eigenvalue weighted by Crippen LogP contribution is -1.95. The molecule has 3 heteroatoms. The number of phenols is 1. The van der Waals surface area contributed by atoms with E-state index in [1.54, 1.807) is 12.1 Å². The zero-order chi connectivity index (χ0) is 7.40. The molecule has 0 atom stereocenters. The van der Waals surface area contributed by atoms with E-state index in [4.69, 9.17) is 0 Å². The van der Waals surface area contributed by atoms with Crippen molar-refractivity contribution in [2.45, 2.75) is 6.92 Å². The van der Waals surface area contributed by atoms with Gasteiger partial charge in [-0.3, -0.25) is 0 Å². The monoisotopic (exact) mass is 217 g/mol. The first kappa shape index (κ1) is 10.3. The van der Waals surface area contributed by atoms with Crippen LogP contribution in [0.3, 0.4) is 0 Å². The summed E-state index contributed by atoms with van der Waals surface area (Å²) in [7, 11) is 0. The van der Waals surface area contributed by atoms with Gasteiger partial charge in [0, 0.05) is 6.54 Å². The van der Waals surface area contributed by atoms with Gasteiger partial charge in [0.1, 0.15) is 5.75 Å². The maximum atomic E-state index is 9.18. The third kappa shape index (κ3) is 2.80. The van der Waals surface area contributed by atoms with Crippen LogP contribution in [-0.2, 0) is 0 Å². The van der Waals surface area contributed by atoms with Crippen molar-refractivity contribution in [2.75, 3.05) is 11.9 Å². The molecule has 2 nitrogen and oxygen atoms in total. The lowest BCUT2D eigenvalue weighted by molar-refractivity contribution is 0.477. The van der Waals surface area contributed by atoms with Crippen LogP contribution in [0, 0.1) is 0 Å². The summed E-state index contributed by atoms with van der Waals surface area (Å²) in [5, 5.41) is 12.2. The standard InChI is InChI=1S/C8H11NO.BrH/c1-2-9-7-5-3-4-6-8(7)10;/h3-6,9-10H,2H2,1H3;1H. The number of rotatable bonds is 2. The largest absolute Gasteiger partial charge is 0.506 e. The Morgan fingerprint density at radius 2 is 2.00 bits per heavy atom.